The molecule has 1 N–H and O–H groups in total. The van der Waals surface area contributed by atoms with Gasteiger partial charge in [0.15, 0.2) is 0 Å². The van der Waals surface area contributed by atoms with Gasteiger partial charge in [0.1, 0.15) is 12.4 Å². The molecule has 0 unspecified atom stereocenters. The van der Waals surface area contributed by atoms with E-state index in [1.807, 2.05) is 0 Å². The van der Waals surface area contributed by atoms with Gasteiger partial charge in [0.05, 0.1) is 16.6 Å². The Balaban J connectivity index is 2.56. The molecule has 0 amide bonds. The molecule has 0 aliphatic rings. The first-order chi connectivity index (χ1) is 8.29. The molecule has 0 heterocycles. The second kappa shape index (κ2) is 6.05. The van der Waals surface area contributed by atoms with Crippen molar-refractivity contribution in [3.05, 3.63) is 28.2 Å². The summed E-state index contributed by atoms with van der Waals surface area (Å²) in [5.74, 6) is -1.01. The summed E-state index contributed by atoms with van der Waals surface area (Å²) in [6.45, 7) is -1.02. The highest BCUT2D eigenvalue weighted by Gasteiger charge is 2.28. The fourth-order valence-corrected chi connectivity index (χ4v) is 1.42. The summed E-state index contributed by atoms with van der Waals surface area (Å²) < 4.78 is 43.9. The molecule has 1 aromatic rings. The van der Waals surface area contributed by atoms with E-state index in [0.717, 1.165) is 0 Å². The second-order valence-electron chi connectivity index (χ2n) is 3.09. The number of benzene rings is 1. The normalized spacial score (nSPS) is 11.3. The molecule has 0 aromatic heterocycles. The predicted octanol–water partition coefficient (Wildman–Crippen LogP) is 3.06. The summed E-state index contributed by atoms with van der Waals surface area (Å²) in [4.78, 5) is 10.7. The number of carbonyl (C=O) groups is 1. The first kappa shape index (κ1) is 14.8. The lowest BCUT2D eigenvalue weighted by molar-refractivity contribution is -0.325. The molecule has 0 saturated heterocycles. The molecule has 0 atom stereocenters. The van der Waals surface area contributed by atoms with E-state index in [1.165, 1.54) is 18.2 Å². The minimum atomic E-state index is -4.70. The Morgan fingerprint density at radius 2 is 2.00 bits per heavy atom. The SMILES string of the molecule is O=C(O)c1ccc(Br)c(OCCOC(F)(F)F)c1. The van der Waals surface area contributed by atoms with E-state index in [1.54, 1.807) is 0 Å². The average Bonchev–Trinajstić information content (AvgIpc) is 2.24. The molecule has 0 spiro atoms. The van der Waals surface area contributed by atoms with Gasteiger partial charge >= 0.3 is 12.3 Å². The number of hydrogen-bond donors (Lipinski definition) is 1. The minimum Gasteiger partial charge on any atom is -0.490 e. The molecule has 0 saturated carbocycles. The standard InChI is InChI=1S/C10H8BrF3O4/c11-7-2-1-6(9(15)16)5-8(7)17-3-4-18-10(12,13)14/h1-2,5H,3-4H2,(H,15,16). The van der Waals surface area contributed by atoms with E-state index in [2.05, 4.69) is 20.7 Å². The van der Waals surface area contributed by atoms with Crippen LogP contribution in [0.3, 0.4) is 0 Å². The van der Waals surface area contributed by atoms with E-state index in [4.69, 9.17) is 9.84 Å². The van der Waals surface area contributed by atoms with Gasteiger partial charge < -0.3 is 9.84 Å². The zero-order valence-electron chi connectivity index (χ0n) is 8.83. The number of carboxylic acids is 1. The first-order valence-corrected chi connectivity index (χ1v) is 5.45. The van der Waals surface area contributed by atoms with Crippen LogP contribution in [-0.4, -0.2) is 30.7 Å². The maximum atomic E-state index is 11.7. The molecule has 100 valence electrons. The zero-order valence-corrected chi connectivity index (χ0v) is 10.4. The maximum Gasteiger partial charge on any atom is 0.522 e. The highest BCUT2D eigenvalue weighted by molar-refractivity contribution is 9.10. The summed E-state index contributed by atoms with van der Waals surface area (Å²) in [6, 6.07) is 3.98. The summed E-state index contributed by atoms with van der Waals surface area (Å²) >= 11 is 3.09. The Kier molecular flexibility index (Phi) is 4.97. The monoisotopic (exact) mass is 328 g/mol. The lowest BCUT2D eigenvalue weighted by Crippen LogP contribution is -2.18. The van der Waals surface area contributed by atoms with Gasteiger partial charge in [-0.25, -0.2) is 4.79 Å². The van der Waals surface area contributed by atoms with Gasteiger partial charge in [-0.1, -0.05) is 0 Å². The van der Waals surface area contributed by atoms with Crippen molar-refractivity contribution in [1.82, 2.24) is 0 Å². The van der Waals surface area contributed by atoms with Crippen molar-refractivity contribution in [2.75, 3.05) is 13.2 Å². The van der Waals surface area contributed by atoms with Crippen LogP contribution in [0.5, 0.6) is 5.75 Å². The highest BCUT2D eigenvalue weighted by atomic mass is 79.9. The maximum absolute atomic E-state index is 11.7. The third-order valence-corrected chi connectivity index (χ3v) is 2.44. The van der Waals surface area contributed by atoms with Crippen molar-refractivity contribution in [3.63, 3.8) is 0 Å². The van der Waals surface area contributed by atoms with Crippen LogP contribution in [0.1, 0.15) is 10.4 Å². The van der Waals surface area contributed by atoms with Crippen molar-refractivity contribution in [2.24, 2.45) is 0 Å². The van der Waals surface area contributed by atoms with Crippen LogP contribution in [-0.2, 0) is 4.74 Å². The van der Waals surface area contributed by atoms with E-state index < -0.39 is 18.9 Å². The van der Waals surface area contributed by atoms with Gasteiger partial charge in [0, 0.05) is 0 Å². The summed E-state index contributed by atoms with van der Waals surface area (Å²) in [5.41, 5.74) is -0.0232. The van der Waals surface area contributed by atoms with Gasteiger partial charge in [-0.15, -0.1) is 13.2 Å². The third-order valence-electron chi connectivity index (χ3n) is 1.78. The Hall–Kier alpha value is -1.28. The lowest BCUT2D eigenvalue weighted by Gasteiger charge is -2.10. The Morgan fingerprint density at radius 1 is 1.33 bits per heavy atom. The van der Waals surface area contributed by atoms with E-state index in [9.17, 15) is 18.0 Å². The number of carboxylic acid groups (broad SMARTS) is 1. The van der Waals surface area contributed by atoms with Crippen molar-refractivity contribution in [2.45, 2.75) is 6.36 Å². The largest absolute Gasteiger partial charge is 0.522 e. The Morgan fingerprint density at radius 3 is 2.56 bits per heavy atom. The first-order valence-electron chi connectivity index (χ1n) is 4.66. The van der Waals surface area contributed by atoms with E-state index in [0.29, 0.717) is 4.47 Å². The van der Waals surface area contributed by atoms with Gasteiger partial charge in [-0.05, 0) is 34.1 Å². The molecule has 0 bridgehead atoms. The fourth-order valence-electron chi connectivity index (χ4n) is 1.06. The molecule has 18 heavy (non-hydrogen) atoms. The van der Waals surface area contributed by atoms with Crippen molar-refractivity contribution >= 4 is 21.9 Å². The number of aromatic carboxylic acids is 1. The molecule has 1 rings (SSSR count). The average molecular weight is 329 g/mol. The third kappa shape index (κ3) is 4.92. The molecule has 1 aromatic carbocycles. The van der Waals surface area contributed by atoms with Crippen molar-refractivity contribution in [3.8, 4) is 5.75 Å². The lowest BCUT2D eigenvalue weighted by atomic mass is 10.2. The molecule has 4 nitrogen and oxygen atoms in total. The zero-order chi connectivity index (χ0) is 13.8. The summed E-state index contributed by atoms with van der Waals surface area (Å²) in [6.07, 6.45) is -4.70. The Labute approximate surface area is 108 Å². The minimum absolute atomic E-state index is 0.0232. The summed E-state index contributed by atoms with van der Waals surface area (Å²) in [5, 5.41) is 8.73. The fraction of sp³-hybridized carbons (Fsp3) is 0.300. The topological polar surface area (TPSA) is 55.8 Å². The van der Waals surface area contributed by atoms with Crippen LogP contribution < -0.4 is 4.74 Å². The van der Waals surface area contributed by atoms with Crippen LogP contribution >= 0.6 is 15.9 Å². The molecule has 0 aliphatic heterocycles. The highest BCUT2D eigenvalue weighted by Crippen LogP contribution is 2.26. The predicted molar refractivity (Wildman–Crippen MR) is 58.6 cm³/mol. The molecule has 0 radical (unpaired) electrons. The molecular weight excluding hydrogens is 321 g/mol. The van der Waals surface area contributed by atoms with Gasteiger partial charge in [0.2, 0.25) is 0 Å². The van der Waals surface area contributed by atoms with Gasteiger partial charge in [-0.2, -0.15) is 0 Å². The number of alkyl halides is 3. The Bertz CT molecular complexity index is 434. The van der Waals surface area contributed by atoms with Crippen LogP contribution in [0.25, 0.3) is 0 Å². The van der Waals surface area contributed by atoms with Crippen molar-refractivity contribution in [1.29, 1.82) is 0 Å². The number of halogens is 4. The van der Waals surface area contributed by atoms with Crippen molar-refractivity contribution < 1.29 is 32.5 Å². The van der Waals surface area contributed by atoms with Crippen LogP contribution in [0.2, 0.25) is 0 Å². The second-order valence-corrected chi connectivity index (χ2v) is 3.95. The summed E-state index contributed by atoms with van der Waals surface area (Å²) in [7, 11) is 0. The van der Waals surface area contributed by atoms with Crippen LogP contribution in [0.4, 0.5) is 13.2 Å². The van der Waals surface area contributed by atoms with Crippen LogP contribution in [0.15, 0.2) is 22.7 Å². The van der Waals surface area contributed by atoms with Gasteiger partial charge in [-0.3, -0.25) is 4.74 Å². The molecular formula is C10H8BrF3O4. The van der Waals surface area contributed by atoms with Crippen LogP contribution in [0, 0.1) is 0 Å². The van der Waals surface area contributed by atoms with E-state index >= 15 is 0 Å². The number of hydrogen-bond acceptors (Lipinski definition) is 3. The number of rotatable bonds is 5. The van der Waals surface area contributed by atoms with Gasteiger partial charge in [0.25, 0.3) is 0 Å². The smallest absolute Gasteiger partial charge is 0.490 e. The molecule has 8 heteroatoms. The number of ether oxygens (including phenoxy) is 2. The molecule has 0 fully saturated rings. The quantitative estimate of drug-likeness (QED) is 0.844. The van der Waals surface area contributed by atoms with E-state index in [-0.39, 0.29) is 17.9 Å². The molecule has 0 aliphatic carbocycles.